The van der Waals surface area contributed by atoms with Crippen molar-refractivity contribution in [3.8, 4) is 0 Å². The Kier molecular flexibility index (Phi) is 6.09. The topological polar surface area (TPSA) is 99.6 Å². The number of pyridine rings is 1. The quantitative estimate of drug-likeness (QED) is 0.724. The summed E-state index contributed by atoms with van der Waals surface area (Å²) < 4.78 is 52.9. The van der Waals surface area contributed by atoms with E-state index in [1.807, 2.05) is 6.92 Å². The Morgan fingerprint density at radius 3 is 2.50 bits per heavy atom. The third-order valence-corrected chi connectivity index (χ3v) is 4.71. The maximum absolute atomic E-state index is 13.2. The van der Waals surface area contributed by atoms with Crippen LogP contribution in [-0.4, -0.2) is 37.6 Å². The van der Waals surface area contributed by atoms with Crippen LogP contribution in [0, 0.1) is 11.6 Å². The first kappa shape index (κ1) is 19.6. The number of halogens is 2. The first-order chi connectivity index (χ1) is 12.2. The van der Waals surface area contributed by atoms with Crippen LogP contribution in [0.1, 0.15) is 13.3 Å². The molecule has 0 saturated heterocycles. The molecule has 0 saturated carbocycles. The predicted octanol–water partition coefficient (Wildman–Crippen LogP) is 2.46. The fraction of sp³-hybridized carbons (Fsp3) is 0.250. The van der Waals surface area contributed by atoms with Crippen LogP contribution >= 0.6 is 0 Å². The van der Waals surface area contributed by atoms with E-state index in [4.69, 9.17) is 5.11 Å². The van der Waals surface area contributed by atoms with Gasteiger partial charge in [0.05, 0.1) is 5.69 Å². The Balaban J connectivity index is 2.22. The fourth-order valence-electron chi connectivity index (χ4n) is 2.20. The SMILES string of the molecule is CCCN(CC(=O)O)c1ccc(S(=O)(=O)Nc2ccc(F)c(F)c2)cn1. The highest BCUT2D eigenvalue weighted by atomic mass is 32.2. The molecule has 0 atom stereocenters. The number of carboxylic acids is 1. The second-order valence-corrected chi connectivity index (χ2v) is 7.08. The standard InChI is InChI=1S/C16H17F2N3O4S/c1-2-7-21(10-16(22)23)15-6-4-12(9-19-15)26(24,25)20-11-3-5-13(17)14(18)8-11/h3-6,8-9,20H,2,7,10H2,1H3,(H,22,23). The molecular weight excluding hydrogens is 368 g/mol. The zero-order valence-corrected chi connectivity index (χ0v) is 14.6. The molecule has 0 bridgehead atoms. The molecule has 0 aliphatic rings. The van der Waals surface area contributed by atoms with Crippen LogP contribution in [0.2, 0.25) is 0 Å². The molecule has 0 radical (unpaired) electrons. The summed E-state index contributed by atoms with van der Waals surface area (Å²) in [6.07, 6.45) is 1.76. The summed E-state index contributed by atoms with van der Waals surface area (Å²) >= 11 is 0. The lowest BCUT2D eigenvalue weighted by Crippen LogP contribution is -2.31. The number of hydrogen-bond donors (Lipinski definition) is 2. The highest BCUT2D eigenvalue weighted by Gasteiger charge is 2.17. The van der Waals surface area contributed by atoms with Gasteiger partial charge in [-0.25, -0.2) is 22.2 Å². The van der Waals surface area contributed by atoms with E-state index >= 15 is 0 Å². The summed E-state index contributed by atoms with van der Waals surface area (Å²) in [7, 11) is -4.06. The van der Waals surface area contributed by atoms with Crippen molar-refractivity contribution in [3.05, 3.63) is 48.2 Å². The molecule has 0 aliphatic heterocycles. The minimum absolute atomic E-state index is 0.133. The number of hydrogen-bond acceptors (Lipinski definition) is 5. The summed E-state index contributed by atoms with van der Waals surface area (Å²) in [6, 6.07) is 5.27. The number of sulfonamides is 1. The lowest BCUT2D eigenvalue weighted by atomic mass is 10.3. The van der Waals surface area contributed by atoms with E-state index in [1.165, 1.54) is 17.0 Å². The van der Waals surface area contributed by atoms with Crippen molar-refractivity contribution in [2.45, 2.75) is 18.2 Å². The fourth-order valence-corrected chi connectivity index (χ4v) is 3.19. The molecule has 0 fully saturated rings. The third kappa shape index (κ3) is 4.88. The molecule has 1 heterocycles. The van der Waals surface area contributed by atoms with Crippen molar-refractivity contribution in [2.75, 3.05) is 22.7 Å². The van der Waals surface area contributed by atoms with Crippen LogP contribution in [0.5, 0.6) is 0 Å². The van der Waals surface area contributed by atoms with Gasteiger partial charge < -0.3 is 10.0 Å². The van der Waals surface area contributed by atoms with Gasteiger partial charge in [0.1, 0.15) is 17.3 Å². The number of rotatable bonds is 8. The lowest BCUT2D eigenvalue weighted by molar-refractivity contribution is -0.135. The molecule has 0 aliphatic carbocycles. The maximum atomic E-state index is 13.2. The van der Waals surface area contributed by atoms with Gasteiger partial charge in [-0.3, -0.25) is 9.52 Å². The van der Waals surface area contributed by atoms with Gasteiger partial charge in [-0.05, 0) is 30.7 Å². The minimum Gasteiger partial charge on any atom is -0.480 e. The number of aromatic nitrogens is 1. The second kappa shape index (κ2) is 8.09. The Morgan fingerprint density at radius 1 is 1.23 bits per heavy atom. The Labute approximate surface area is 149 Å². The van der Waals surface area contributed by atoms with E-state index in [2.05, 4.69) is 9.71 Å². The maximum Gasteiger partial charge on any atom is 0.323 e. The lowest BCUT2D eigenvalue weighted by Gasteiger charge is -2.21. The number of benzene rings is 1. The van der Waals surface area contributed by atoms with E-state index in [0.717, 1.165) is 24.4 Å². The average Bonchev–Trinajstić information content (AvgIpc) is 2.57. The third-order valence-electron chi connectivity index (χ3n) is 3.35. The first-order valence-corrected chi connectivity index (χ1v) is 9.12. The van der Waals surface area contributed by atoms with Crippen molar-refractivity contribution in [2.24, 2.45) is 0 Å². The van der Waals surface area contributed by atoms with E-state index < -0.39 is 27.6 Å². The summed E-state index contributed by atoms with van der Waals surface area (Å²) in [4.78, 5) is 16.2. The van der Waals surface area contributed by atoms with Crippen molar-refractivity contribution < 1.29 is 27.1 Å². The minimum atomic E-state index is -4.06. The smallest absolute Gasteiger partial charge is 0.323 e. The van der Waals surface area contributed by atoms with Gasteiger partial charge >= 0.3 is 5.97 Å². The van der Waals surface area contributed by atoms with Gasteiger partial charge in [0.15, 0.2) is 11.6 Å². The Morgan fingerprint density at radius 2 is 1.96 bits per heavy atom. The molecule has 2 rings (SSSR count). The summed E-state index contributed by atoms with van der Waals surface area (Å²) in [6.45, 7) is 2.05. The number of nitrogens with one attached hydrogen (secondary N) is 1. The highest BCUT2D eigenvalue weighted by Crippen LogP contribution is 2.20. The van der Waals surface area contributed by atoms with E-state index in [1.54, 1.807) is 0 Å². The van der Waals surface area contributed by atoms with Crippen LogP contribution in [0.25, 0.3) is 0 Å². The number of carboxylic acid groups (broad SMARTS) is 1. The number of anilines is 2. The van der Waals surface area contributed by atoms with Crippen LogP contribution in [0.4, 0.5) is 20.3 Å². The Hall–Kier alpha value is -2.75. The molecule has 7 nitrogen and oxygen atoms in total. The molecule has 2 N–H and O–H groups in total. The molecule has 26 heavy (non-hydrogen) atoms. The van der Waals surface area contributed by atoms with Crippen molar-refractivity contribution in [1.82, 2.24) is 4.98 Å². The van der Waals surface area contributed by atoms with Crippen molar-refractivity contribution >= 4 is 27.5 Å². The monoisotopic (exact) mass is 385 g/mol. The second-order valence-electron chi connectivity index (χ2n) is 5.40. The van der Waals surface area contributed by atoms with Crippen LogP contribution in [0.3, 0.4) is 0 Å². The van der Waals surface area contributed by atoms with Crippen LogP contribution in [0.15, 0.2) is 41.4 Å². The zero-order chi connectivity index (χ0) is 19.3. The zero-order valence-electron chi connectivity index (χ0n) is 13.8. The van der Waals surface area contributed by atoms with Crippen molar-refractivity contribution in [3.63, 3.8) is 0 Å². The van der Waals surface area contributed by atoms with E-state index in [9.17, 15) is 22.0 Å². The van der Waals surface area contributed by atoms with E-state index in [-0.39, 0.29) is 17.1 Å². The summed E-state index contributed by atoms with van der Waals surface area (Å²) in [5.41, 5.74) is -0.133. The molecular formula is C16H17F2N3O4S. The predicted molar refractivity (Wildman–Crippen MR) is 91.5 cm³/mol. The number of nitrogens with zero attached hydrogens (tertiary/aromatic N) is 2. The highest BCUT2D eigenvalue weighted by molar-refractivity contribution is 7.92. The van der Waals surface area contributed by atoms with Gasteiger partial charge in [0.2, 0.25) is 0 Å². The van der Waals surface area contributed by atoms with Gasteiger partial charge in [-0.1, -0.05) is 6.92 Å². The van der Waals surface area contributed by atoms with Crippen LogP contribution in [-0.2, 0) is 14.8 Å². The van der Waals surface area contributed by atoms with Gasteiger partial charge in [0.25, 0.3) is 10.0 Å². The number of aliphatic carboxylic acids is 1. The molecule has 0 spiro atoms. The molecule has 140 valence electrons. The molecule has 0 unspecified atom stereocenters. The van der Waals surface area contributed by atoms with Crippen molar-refractivity contribution in [1.29, 1.82) is 0 Å². The normalized spacial score (nSPS) is 11.2. The molecule has 2 aromatic rings. The molecule has 0 amide bonds. The summed E-state index contributed by atoms with van der Waals surface area (Å²) in [5.74, 6) is -2.98. The number of carbonyl (C=O) groups is 1. The first-order valence-electron chi connectivity index (χ1n) is 7.63. The Bertz CT molecular complexity index is 889. The molecule has 1 aromatic carbocycles. The molecule has 10 heteroatoms. The van der Waals surface area contributed by atoms with Gasteiger partial charge in [-0.2, -0.15) is 0 Å². The van der Waals surface area contributed by atoms with Gasteiger partial charge in [0, 0.05) is 18.8 Å². The van der Waals surface area contributed by atoms with Gasteiger partial charge in [-0.15, -0.1) is 0 Å². The molecule has 1 aromatic heterocycles. The summed E-state index contributed by atoms with van der Waals surface area (Å²) in [5, 5.41) is 8.93. The van der Waals surface area contributed by atoms with Crippen LogP contribution < -0.4 is 9.62 Å². The van der Waals surface area contributed by atoms with E-state index in [0.29, 0.717) is 18.8 Å². The largest absolute Gasteiger partial charge is 0.480 e. The average molecular weight is 385 g/mol.